The lowest BCUT2D eigenvalue weighted by Gasteiger charge is -2.15. The van der Waals surface area contributed by atoms with E-state index in [-0.39, 0.29) is 12.3 Å². The van der Waals surface area contributed by atoms with Crippen molar-refractivity contribution in [3.63, 3.8) is 0 Å². The Morgan fingerprint density at radius 3 is 2.74 bits per heavy atom. The van der Waals surface area contributed by atoms with Crippen molar-refractivity contribution in [2.75, 3.05) is 0 Å². The molecule has 1 atom stereocenters. The number of hydrogen-bond donors (Lipinski definition) is 2. The third kappa shape index (κ3) is 3.39. The Hall–Kier alpha value is -1.90. The Labute approximate surface area is 146 Å². The van der Waals surface area contributed by atoms with Crippen LogP contribution in [0.1, 0.15) is 12.0 Å². The highest BCUT2D eigenvalue weighted by atomic mass is 35.5. The monoisotopic (exact) mass is 367 g/mol. The third-order valence-electron chi connectivity index (χ3n) is 3.30. The number of halogens is 1. The molecule has 1 aromatic carbocycles. The molecule has 6 nitrogen and oxygen atoms in total. The molecule has 118 valence electrons. The summed E-state index contributed by atoms with van der Waals surface area (Å²) < 4.78 is 0.342. The van der Waals surface area contributed by atoms with Gasteiger partial charge in [0.2, 0.25) is 0 Å². The number of thiocarbonyl (C=S) groups is 1. The van der Waals surface area contributed by atoms with Crippen LogP contribution in [-0.2, 0) is 9.59 Å². The number of benzene rings is 1. The zero-order valence-electron chi connectivity index (χ0n) is 11.5. The van der Waals surface area contributed by atoms with Gasteiger partial charge in [-0.15, -0.1) is 0 Å². The fraction of sp³-hybridized carbons (Fsp3) is 0.143. The summed E-state index contributed by atoms with van der Waals surface area (Å²) in [7, 11) is 0. The first kappa shape index (κ1) is 16.0. The second-order valence-corrected chi connectivity index (χ2v) is 6.98. The van der Waals surface area contributed by atoms with Crippen LogP contribution in [0, 0.1) is 0 Å². The minimum absolute atomic E-state index is 0.234. The molecule has 2 N–H and O–H groups in total. The molecule has 1 saturated heterocycles. The minimum atomic E-state index is -1.01. The van der Waals surface area contributed by atoms with Crippen LogP contribution >= 0.6 is 35.6 Å². The number of carboxylic acids is 1. The SMILES string of the molecule is O=C1NC(=S)S/C1=C\N1N=C(c2ccc(Cl)cc2)CC1C(=O)O. The van der Waals surface area contributed by atoms with Gasteiger partial charge in [-0.1, -0.05) is 47.7 Å². The number of rotatable bonds is 3. The summed E-state index contributed by atoms with van der Waals surface area (Å²) in [5.74, 6) is -1.36. The number of carboxylic acid groups (broad SMARTS) is 1. The number of nitrogens with zero attached hydrogens (tertiary/aromatic N) is 2. The number of thioether (sulfide) groups is 1. The molecule has 0 aromatic heterocycles. The molecule has 2 heterocycles. The maximum atomic E-state index is 11.7. The van der Waals surface area contributed by atoms with Crippen LogP contribution in [0.4, 0.5) is 0 Å². The molecule has 1 fully saturated rings. The highest BCUT2D eigenvalue weighted by molar-refractivity contribution is 8.26. The molecule has 3 rings (SSSR count). The summed E-state index contributed by atoms with van der Waals surface area (Å²) >= 11 is 11.9. The first-order chi connectivity index (χ1) is 10.9. The third-order valence-corrected chi connectivity index (χ3v) is 4.70. The second kappa shape index (κ2) is 6.31. The van der Waals surface area contributed by atoms with Crippen LogP contribution in [0.2, 0.25) is 5.02 Å². The van der Waals surface area contributed by atoms with Gasteiger partial charge < -0.3 is 10.4 Å². The highest BCUT2D eigenvalue weighted by Crippen LogP contribution is 2.28. The van der Waals surface area contributed by atoms with Crippen molar-refractivity contribution in [3.8, 4) is 0 Å². The first-order valence-electron chi connectivity index (χ1n) is 6.53. The lowest BCUT2D eigenvalue weighted by molar-refractivity contribution is -0.141. The molecule has 0 radical (unpaired) electrons. The first-order valence-corrected chi connectivity index (χ1v) is 8.14. The van der Waals surface area contributed by atoms with E-state index < -0.39 is 12.0 Å². The number of hydrogen-bond acceptors (Lipinski definition) is 6. The average molecular weight is 368 g/mol. The van der Waals surface area contributed by atoms with Gasteiger partial charge in [0.15, 0.2) is 6.04 Å². The maximum absolute atomic E-state index is 11.7. The predicted octanol–water partition coefficient (Wildman–Crippen LogP) is 2.19. The van der Waals surface area contributed by atoms with Crippen LogP contribution in [0.5, 0.6) is 0 Å². The molecule has 0 spiro atoms. The summed E-state index contributed by atoms with van der Waals surface area (Å²) in [6, 6.07) is 6.13. The normalized spacial score (nSPS) is 22.5. The predicted molar refractivity (Wildman–Crippen MR) is 92.3 cm³/mol. The molecule has 23 heavy (non-hydrogen) atoms. The smallest absolute Gasteiger partial charge is 0.328 e. The molecule has 1 unspecified atom stereocenters. The molecule has 1 aromatic rings. The molecule has 0 aliphatic carbocycles. The summed E-state index contributed by atoms with van der Waals surface area (Å²) in [6.07, 6.45) is 1.65. The van der Waals surface area contributed by atoms with Gasteiger partial charge in [0.05, 0.1) is 10.6 Å². The number of nitrogens with one attached hydrogen (secondary N) is 1. The Balaban J connectivity index is 1.91. The summed E-state index contributed by atoms with van der Waals surface area (Å²) in [4.78, 5) is 23.5. The van der Waals surface area contributed by atoms with Crippen molar-refractivity contribution in [2.24, 2.45) is 5.10 Å². The minimum Gasteiger partial charge on any atom is -0.480 e. The summed E-state index contributed by atoms with van der Waals surface area (Å²) in [5.41, 5.74) is 1.41. The van der Waals surface area contributed by atoms with E-state index in [1.165, 1.54) is 11.2 Å². The van der Waals surface area contributed by atoms with Crippen molar-refractivity contribution < 1.29 is 14.7 Å². The Morgan fingerprint density at radius 1 is 1.48 bits per heavy atom. The van der Waals surface area contributed by atoms with E-state index in [4.69, 9.17) is 23.8 Å². The molecule has 2 aliphatic rings. The van der Waals surface area contributed by atoms with Crippen molar-refractivity contribution >= 4 is 57.5 Å². The molecule has 0 saturated carbocycles. The van der Waals surface area contributed by atoms with Crippen molar-refractivity contribution in [3.05, 3.63) is 46.0 Å². The van der Waals surface area contributed by atoms with E-state index in [0.29, 0.717) is 20.0 Å². The van der Waals surface area contributed by atoms with Crippen molar-refractivity contribution in [1.29, 1.82) is 0 Å². The van der Waals surface area contributed by atoms with Crippen molar-refractivity contribution in [2.45, 2.75) is 12.5 Å². The van der Waals surface area contributed by atoms with Crippen LogP contribution in [0.3, 0.4) is 0 Å². The van der Waals surface area contributed by atoms with E-state index in [0.717, 1.165) is 17.3 Å². The standard InChI is InChI=1S/C14H10ClN3O3S2/c15-8-3-1-7(2-4-8)9-5-10(13(20)21)18(17-9)6-11-12(19)16-14(22)23-11/h1-4,6,10H,5H2,(H,20,21)(H,16,19,22)/b11-6-. The van der Waals surface area contributed by atoms with Crippen LogP contribution in [-0.4, -0.2) is 38.1 Å². The van der Waals surface area contributed by atoms with Crippen LogP contribution in [0.25, 0.3) is 0 Å². The van der Waals surface area contributed by atoms with Gasteiger partial charge in [-0.3, -0.25) is 9.80 Å². The quantitative estimate of drug-likeness (QED) is 0.629. The van der Waals surface area contributed by atoms with Gasteiger partial charge in [0, 0.05) is 17.6 Å². The largest absolute Gasteiger partial charge is 0.480 e. The van der Waals surface area contributed by atoms with Gasteiger partial charge in [-0.25, -0.2) is 4.79 Å². The van der Waals surface area contributed by atoms with E-state index in [1.54, 1.807) is 24.3 Å². The number of amides is 1. The topological polar surface area (TPSA) is 82.0 Å². The maximum Gasteiger partial charge on any atom is 0.328 e. The zero-order valence-corrected chi connectivity index (χ0v) is 13.9. The number of carbonyl (C=O) groups is 2. The fourth-order valence-electron chi connectivity index (χ4n) is 2.19. The number of hydrazone groups is 1. The number of aliphatic carboxylic acids is 1. The molecule has 9 heteroatoms. The molecule has 2 aliphatic heterocycles. The van der Waals surface area contributed by atoms with Crippen LogP contribution < -0.4 is 5.32 Å². The zero-order chi connectivity index (χ0) is 16.6. The van der Waals surface area contributed by atoms with Gasteiger partial charge >= 0.3 is 5.97 Å². The Morgan fingerprint density at radius 2 is 2.17 bits per heavy atom. The van der Waals surface area contributed by atoms with E-state index in [2.05, 4.69) is 10.4 Å². The van der Waals surface area contributed by atoms with Gasteiger partial charge in [-0.05, 0) is 17.7 Å². The van der Waals surface area contributed by atoms with Gasteiger partial charge in [0.25, 0.3) is 5.91 Å². The molecular formula is C14H10ClN3O3S2. The van der Waals surface area contributed by atoms with E-state index in [9.17, 15) is 14.7 Å². The molecular weight excluding hydrogens is 358 g/mol. The lowest BCUT2D eigenvalue weighted by atomic mass is 10.0. The Kier molecular flexibility index (Phi) is 4.38. The van der Waals surface area contributed by atoms with Crippen LogP contribution in [0.15, 0.2) is 40.5 Å². The lowest BCUT2D eigenvalue weighted by Crippen LogP contribution is -2.31. The highest BCUT2D eigenvalue weighted by Gasteiger charge is 2.34. The summed E-state index contributed by atoms with van der Waals surface area (Å²) in [5, 5.41) is 18.1. The van der Waals surface area contributed by atoms with Gasteiger partial charge in [-0.2, -0.15) is 5.10 Å². The van der Waals surface area contributed by atoms with E-state index in [1.807, 2.05) is 0 Å². The fourth-order valence-corrected chi connectivity index (χ4v) is 3.33. The van der Waals surface area contributed by atoms with Gasteiger partial charge in [0.1, 0.15) is 4.32 Å². The average Bonchev–Trinajstić information content (AvgIpc) is 3.04. The molecule has 1 amide bonds. The van der Waals surface area contributed by atoms with E-state index >= 15 is 0 Å². The number of carbonyl (C=O) groups excluding carboxylic acids is 1. The van der Waals surface area contributed by atoms with Crippen molar-refractivity contribution in [1.82, 2.24) is 10.3 Å². The Bertz CT molecular complexity index is 761. The summed E-state index contributed by atoms with van der Waals surface area (Å²) in [6.45, 7) is 0. The molecule has 0 bridgehead atoms. The second-order valence-electron chi connectivity index (χ2n) is 4.83.